The molecule has 1 rings (SSSR count). The van der Waals surface area contributed by atoms with E-state index in [2.05, 4.69) is 29.2 Å². The Morgan fingerprint density at radius 3 is 2.79 bits per heavy atom. The minimum absolute atomic E-state index is 0.320. The van der Waals surface area contributed by atoms with E-state index < -0.39 is 0 Å². The molecule has 0 fully saturated rings. The molecule has 0 aliphatic rings. The Morgan fingerprint density at radius 2 is 2.21 bits per heavy atom. The Kier molecular flexibility index (Phi) is 4.03. The van der Waals surface area contributed by atoms with E-state index >= 15 is 0 Å². The number of aromatic nitrogens is 3. The minimum atomic E-state index is -0.328. The molecule has 1 atom stereocenters. The Hall–Kier alpha value is -0.940. The Labute approximate surface area is 84.2 Å². The Morgan fingerprint density at radius 1 is 1.50 bits per heavy atom. The molecule has 5 heteroatoms. The highest BCUT2D eigenvalue weighted by atomic mass is 16.3. The Bertz CT molecular complexity index is 270. The summed E-state index contributed by atoms with van der Waals surface area (Å²) in [6.07, 6.45) is 1.23. The average Bonchev–Trinajstić information content (AvgIpc) is 2.51. The van der Waals surface area contributed by atoms with E-state index in [4.69, 9.17) is 5.11 Å². The molecule has 80 valence electrons. The van der Waals surface area contributed by atoms with Gasteiger partial charge < -0.3 is 10.4 Å². The first-order chi connectivity index (χ1) is 6.61. The van der Waals surface area contributed by atoms with Crippen molar-refractivity contribution < 1.29 is 5.11 Å². The summed E-state index contributed by atoms with van der Waals surface area (Å²) < 4.78 is 1.87. The number of hydrogen-bond donors (Lipinski definition) is 2. The zero-order valence-electron chi connectivity index (χ0n) is 8.94. The molecule has 0 aliphatic heterocycles. The van der Waals surface area contributed by atoms with E-state index in [9.17, 15) is 0 Å². The molecule has 14 heavy (non-hydrogen) atoms. The van der Waals surface area contributed by atoms with Gasteiger partial charge in [0.2, 0.25) is 0 Å². The van der Waals surface area contributed by atoms with Crippen LogP contribution in [0.15, 0.2) is 6.33 Å². The van der Waals surface area contributed by atoms with E-state index in [0.29, 0.717) is 19.1 Å². The lowest BCUT2D eigenvalue weighted by molar-refractivity contribution is 0.190. The molecule has 0 amide bonds. The van der Waals surface area contributed by atoms with E-state index in [1.165, 1.54) is 0 Å². The largest absolute Gasteiger partial charge is 0.392 e. The highest BCUT2D eigenvalue weighted by molar-refractivity contribution is 4.85. The fourth-order valence-electron chi connectivity index (χ4n) is 1.22. The molecule has 5 nitrogen and oxygen atoms in total. The number of aliphatic hydroxyl groups excluding tert-OH is 1. The molecule has 1 aromatic rings. The van der Waals surface area contributed by atoms with Gasteiger partial charge in [0.1, 0.15) is 12.2 Å². The van der Waals surface area contributed by atoms with Crippen LogP contribution in [0.25, 0.3) is 0 Å². The van der Waals surface area contributed by atoms with Gasteiger partial charge in [-0.1, -0.05) is 0 Å². The third-order valence-electron chi connectivity index (χ3n) is 1.86. The summed E-state index contributed by atoms with van der Waals surface area (Å²) in [4.78, 5) is 4.14. The molecule has 0 saturated carbocycles. The quantitative estimate of drug-likeness (QED) is 0.715. The second kappa shape index (κ2) is 5.07. The van der Waals surface area contributed by atoms with E-state index in [1.54, 1.807) is 13.3 Å². The third-order valence-corrected chi connectivity index (χ3v) is 1.86. The van der Waals surface area contributed by atoms with Crippen LogP contribution in [-0.4, -0.2) is 32.5 Å². The van der Waals surface area contributed by atoms with Gasteiger partial charge in [0.25, 0.3) is 0 Å². The maximum absolute atomic E-state index is 9.05. The maximum Gasteiger partial charge on any atom is 0.141 e. The van der Waals surface area contributed by atoms with Crippen LogP contribution in [0, 0.1) is 0 Å². The summed E-state index contributed by atoms with van der Waals surface area (Å²) in [5, 5.41) is 16.3. The highest BCUT2D eigenvalue weighted by Crippen LogP contribution is 2.04. The van der Waals surface area contributed by atoms with Crippen molar-refractivity contribution in [2.45, 2.75) is 39.5 Å². The molecule has 1 unspecified atom stereocenters. The van der Waals surface area contributed by atoms with Crippen LogP contribution >= 0.6 is 0 Å². The first kappa shape index (κ1) is 11.1. The van der Waals surface area contributed by atoms with Crippen LogP contribution < -0.4 is 5.32 Å². The molecular formula is C9H18N4O. The second-order valence-electron chi connectivity index (χ2n) is 3.69. The van der Waals surface area contributed by atoms with Crippen molar-refractivity contribution in [3.8, 4) is 0 Å². The number of aliphatic hydroxyl groups is 1. The molecule has 0 bridgehead atoms. The molecule has 2 N–H and O–H groups in total. The van der Waals surface area contributed by atoms with E-state index in [0.717, 1.165) is 5.82 Å². The van der Waals surface area contributed by atoms with Gasteiger partial charge in [-0.05, 0) is 20.8 Å². The van der Waals surface area contributed by atoms with Crippen LogP contribution in [0.3, 0.4) is 0 Å². The SMILES string of the molecule is CC(O)CNCc1ncnn1C(C)C. The highest BCUT2D eigenvalue weighted by Gasteiger charge is 2.06. The fraction of sp³-hybridized carbons (Fsp3) is 0.778. The van der Waals surface area contributed by atoms with Crippen molar-refractivity contribution in [2.24, 2.45) is 0 Å². The number of hydrogen-bond acceptors (Lipinski definition) is 4. The van der Waals surface area contributed by atoms with Gasteiger partial charge in [-0.2, -0.15) is 5.10 Å². The maximum atomic E-state index is 9.05. The van der Waals surface area contributed by atoms with Gasteiger partial charge in [-0.3, -0.25) is 0 Å². The topological polar surface area (TPSA) is 63.0 Å². The predicted octanol–water partition coefficient (Wildman–Crippen LogP) is 0.329. The summed E-state index contributed by atoms with van der Waals surface area (Å²) >= 11 is 0. The number of rotatable bonds is 5. The van der Waals surface area contributed by atoms with Gasteiger partial charge in [0, 0.05) is 12.6 Å². The van der Waals surface area contributed by atoms with Gasteiger partial charge in [0.05, 0.1) is 12.6 Å². The van der Waals surface area contributed by atoms with Crippen LogP contribution in [0.4, 0.5) is 0 Å². The average molecular weight is 198 g/mol. The van der Waals surface area contributed by atoms with Crippen molar-refractivity contribution >= 4 is 0 Å². The van der Waals surface area contributed by atoms with Crippen LogP contribution in [0.5, 0.6) is 0 Å². The molecule has 1 aromatic heterocycles. The van der Waals surface area contributed by atoms with Crippen molar-refractivity contribution in [3.63, 3.8) is 0 Å². The van der Waals surface area contributed by atoms with Gasteiger partial charge in [0.15, 0.2) is 0 Å². The lowest BCUT2D eigenvalue weighted by Gasteiger charge is -2.10. The summed E-state index contributed by atoms with van der Waals surface area (Å²) in [7, 11) is 0. The summed E-state index contributed by atoms with van der Waals surface area (Å²) in [5.41, 5.74) is 0. The van der Waals surface area contributed by atoms with Crippen molar-refractivity contribution in [1.29, 1.82) is 0 Å². The molecule has 0 radical (unpaired) electrons. The third kappa shape index (κ3) is 3.08. The van der Waals surface area contributed by atoms with E-state index in [-0.39, 0.29) is 6.10 Å². The van der Waals surface area contributed by atoms with Gasteiger partial charge in [-0.15, -0.1) is 0 Å². The number of nitrogens with one attached hydrogen (secondary N) is 1. The van der Waals surface area contributed by atoms with Crippen LogP contribution in [0.2, 0.25) is 0 Å². The van der Waals surface area contributed by atoms with E-state index in [1.807, 2.05) is 4.68 Å². The van der Waals surface area contributed by atoms with Gasteiger partial charge >= 0.3 is 0 Å². The van der Waals surface area contributed by atoms with Crippen molar-refractivity contribution in [2.75, 3.05) is 6.54 Å². The molecule has 0 spiro atoms. The fourth-order valence-corrected chi connectivity index (χ4v) is 1.22. The summed E-state index contributed by atoms with van der Waals surface area (Å²) in [6.45, 7) is 7.09. The van der Waals surface area contributed by atoms with Crippen LogP contribution in [0.1, 0.15) is 32.6 Å². The zero-order valence-corrected chi connectivity index (χ0v) is 8.94. The molecule has 0 aromatic carbocycles. The normalized spacial score (nSPS) is 13.5. The smallest absolute Gasteiger partial charge is 0.141 e. The monoisotopic (exact) mass is 198 g/mol. The first-order valence-corrected chi connectivity index (χ1v) is 4.88. The lowest BCUT2D eigenvalue weighted by atomic mass is 10.4. The van der Waals surface area contributed by atoms with Gasteiger partial charge in [-0.25, -0.2) is 9.67 Å². The zero-order chi connectivity index (χ0) is 10.6. The lowest BCUT2D eigenvalue weighted by Crippen LogP contribution is -2.25. The molecular weight excluding hydrogens is 180 g/mol. The standard InChI is InChI=1S/C9H18N4O/c1-7(2)13-9(11-6-12-13)5-10-4-8(3)14/h6-8,10,14H,4-5H2,1-3H3. The van der Waals surface area contributed by atoms with Crippen LogP contribution in [-0.2, 0) is 6.54 Å². The number of nitrogens with zero attached hydrogens (tertiary/aromatic N) is 3. The predicted molar refractivity (Wildman–Crippen MR) is 53.8 cm³/mol. The Balaban J connectivity index is 2.46. The molecule has 0 saturated heterocycles. The molecule has 0 aliphatic carbocycles. The van der Waals surface area contributed by atoms with Crippen molar-refractivity contribution in [1.82, 2.24) is 20.1 Å². The second-order valence-corrected chi connectivity index (χ2v) is 3.69. The first-order valence-electron chi connectivity index (χ1n) is 4.88. The van der Waals surface area contributed by atoms with Crippen molar-refractivity contribution in [3.05, 3.63) is 12.2 Å². The minimum Gasteiger partial charge on any atom is -0.392 e. The summed E-state index contributed by atoms with van der Waals surface area (Å²) in [6, 6.07) is 0.320. The molecule has 1 heterocycles. The summed E-state index contributed by atoms with van der Waals surface area (Å²) in [5.74, 6) is 0.903.